The lowest BCUT2D eigenvalue weighted by Gasteiger charge is -2.30. The predicted molar refractivity (Wildman–Crippen MR) is 120 cm³/mol. The molecule has 0 saturated carbocycles. The van der Waals surface area contributed by atoms with Gasteiger partial charge in [-0.15, -0.1) is 22.7 Å². The highest BCUT2D eigenvalue weighted by Crippen LogP contribution is 2.34. The van der Waals surface area contributed by atoms with Crippen LogP contribution in [0.3, 0.4) is 0 Å². The van der Waals surface area contributed by atoms with Crippen molar-refractivity contribution in [1.29, 1.82) is 0 Å². The van der Waals surface area contributed by atoms with Crippen LogP contribution in [0, 0.1) is 0 Å². The number of carbonyl (C=O) groups excluding carboxylic acids is 1. The van der Waals surface area contributed by atoms with E-state index < -0.39 is 0 Å². The molecule has 146 valence electrons. The number of hydrogen-bond acceptors (Lipinski definition) is 7. The van der Waals surface area contributed by atoms with Crippen LogP contribution in [0.4, 0.5) is 11.4 Å². The zero-order valence-electron chi connectivity index (χ0n) is 15.6. The fourth-order valence-corrected chi connectivity index (χ4v) is 5.19. The van der Waals surface area contributed by atoms with Crippen LogP contribution in [0.25, 0.3) is 21.3 Å². The van der Waals surface area contributed by atoms with Crippen molar-refractivity contribution in [2.75, 3.05) is 36.4 Å². The van der Waals surface area contributed by atoms with Gasteiger partial charge in [0.05, 0.1) is 23.3 Å². The molecular weight excluding hydrogens is 402 g/mol. The molecule has 6 nitrogen and oxygen atoms in total. The van der Waals surface area contributed by atoms with Gasteiger partial charge in [0, 0.05) is 58.8 Å². The minimum Gasteiger partial charge on any atom is -0.367 e. The van der Waals surface area contributed by atoms with E-state index in [0.717, 1.165) is 48.8 Å². The Hall–Kier alpha value is -2.81. The minimum atomic E-state index is -0.204. The van der Waals surface area contributed by atoms with Crippen molar-refractivity contribution in [3.05, 3.63) is 58.5 Å². The Labute approximate surface area is 176 Å². The molecule has 1 fully saturated rings. The van der Waals surface area contributed by atoms with E-state index in [1.54, 1.807) is 23.7 Å². The molecule has 5 rings (SSSR count). The van der Waals surface area contributed by atoms with E-state index >= 15 is 0 Å². The number of aromatic nitrogens is 2. The minimum absolute atomic E-state index is 0.204. The first kappa shape index (κ1) is 18.2. The number of fused-ring (bicyclic) bond motifs is 1. The smallest absolute Gasteiger partial charge is 0.284 e. The molecule has 8 heteroatoms. The fraction of sp³-hybridized carbons (Fsp3) is 0.190. The Bertz CT molecular complexity index is 1160. The predicted octanol–water partition coefficient (Wildman–Crippen LogP) is 4.08. The summed E-state index contributed by atoms with van der Waals surface area (Å²) in [5, 5.41) is 12.0. The molecule has 1 aromatic carbocycles. The second-order valence-corrected chi connectivity index (χ2v) is 8.54. The first-order valence-corrected chi connectivity index (χ1v) is 11.2. The van der Waals surface area contributed by atoms with Crippen LogP contribution in [-0.2, 0) is 0 Å². The summed E-state index contributed by atoms with van der Waals surface area (Å²) in [7, 11) is 0. The van der Waals surface area contributed by atoms with Crippen molar-refractivity contribution in [3.8, 4) is 11.3 Å². The summed E-state index contributed by atoms with van der Waals surface area (Å²) in [4.78, 5) is 23.9. The molecule has 2 N–H and O–H groups in total. The van der Waals surface area contributed by atoms with E-state index in [0.29, 0.717) is 5.01 Å². The Morgan fingerprint density at radius 3 is 2.86 bits per heavy atom. The Morgan fingerprint density at radius 1 is 1.10 bits per heavy atom. The summed E-state index contributed by atoms with van der Waals surface area (Å²) < 4.78 is 1.22. The molecule has 4 aromatic rings. The first-order chi connectivity index (χ1) is 14.3. The number of pyridine rings is 1. The molecule has 3 aromatic heterocycles. The number of anilines is 2. The topological polar surface area (TPSA) is 70.2 Å². The number of thiazole rings is 1. The van der Waals surface area contributed by atoms with Crippen molar-refractivity contribution in [2.45, 2.75) is 0 Å². The summed E-state index contributed by atoms with van der Waals surface area (Å²) >= 11 is 3.05. The van der Waals surface area contributed by atoms with Gasteiger partial charge < -0.3 is 15.5 Å². The molecule has 0 unspecified atom stereocenters. The first-order valence-electron chi connectivity index (χ1n) is 9.43. The molecule has 29 heavy (non-hydrogen) atoms. The number of thiophene rings is 1. The largest absolute Gasteiger partial charge is 0.367 e. The molecule has 0 spiro atoms. The highest BCUT2D eigenvalue weighted by molar-refractivity contribution is 7.17. The molecule has 0 aliphatic carbocycles. The van der Waals surface area contributed by atoms with Crippen LogP contribution in [0.2, 0.25) is 0 Å². The molecule has 1 aliphatic heterocycles. The number of amides is 1. The highest BCUT2D eigenvalue weighted by Gasteiger charge is 2.19. The molecule has 4 heterocycles. The van der Waals surface area contributed by atoms with Gasteiger partial charge in [-0.05, 0) is 12.1 Å². The average Bonchev–Trinajstić information content (AvgIpc) is 3.42. The molecule has 1 amide bonds. The Kier molecular flexibility index (Phi) is 4.97. The van der Waals surface area contributed by atoms with Gasteiger partial charge >= 0.3 is 0 Å². The Balaban J connectivity index is 1.39. The number of rotatable bonds is 4. The van der Waals surface area contributed by atoms with Gasteiger partial charge in [-0.3, -0.25) is 9.78 Å². The fourth-order valence-electron chi connectivity index (χ4n) is 3.52. The van der Waals surface area contributed by atoms with Crippen molar-refractivity contribution >= 4 is 50.0 Å². The van der Waals surface area contributed by atoms with Gasteiger partial charge in [-0.2, -0.15) is 0 Å². The molecule has 0 radical (unpaired) electrons. The second-order valence-electron chi connectivity index (χ2n) is 6.77. The number of nitrogens with one attached hydrogen (secondary N) is 2. The third kappa shape index (κ3) is 3.62. The van der Waals surface area contributed by atoms with Gasteiger partial charge in [0.2, 0.25) is 0 Å². The lowest BCUT2D eigenvalue weighted by molar-refractivity contribution is 0.102. The number of benzene rings is 1. The van der Waals surface area contributed by atoms with Gasteiger partial charge in [-0.25, -0.2) is 4.98 Å². The summed E-state index contributed by atoms with van der Waals surface area (Å²) in [6.07, 6.45) is 3.46. The van der Waals surface area contributed by atoms with Gasteiger partial charge in [0.15, 0.2) is 5.01 Å². The maximum atomic E-state index is 12.9. The van der Waals surface area contributed by atoms with Crippen LogP contribution in [0.15, 0.2) is 53.5 Å². The number of hydrogen-bond donors (Lipinski definition) is 2. The standard InChI is InChI=1S/C21H19N5OS2/c27-20(24-16-11-23-6-5-18(16)26-9-7-22-8-10-26)21-25-17(13-29-21)15-12-28-19-4-2-1-3-14(15)19/h1-6,11-13,22H,7-10H2,(H,24,27). The third-order valence-corrected chi connectivity index (χ3v) is 6.76. The van der Waals surface area contributed by atoms with Crippen molar-refractivity contribution in [1.82, 2.24) is 15.3 Å². The van der Waals surface area contributed by atoms with Crippen LogP contribution < -0.4 is 15.5 Å². The molecule has 1 aliphatic rings. The molecule has 0 bridgehead atoms. The van der Waals surface area contributed by atoms with E-state index in [1.807, 2.05) is 23.6 Å². The third-order valence-electron chi connectivity index (χ3n) is 4.96. The van der Waals surface area contributed by atoms with E-state index in [-0.39, 0.29) is 5.91 Å². The quantitative estimate of drug-likeness (QED) is 0.520. The lowest BCUT2D eigenvalue weighted by atomic mass is 10.1. The molecular formula is C21H19N5OS2. The lowest BCUT2D eigenvalue weighted by Crippen LogP contribution is -2.43. The van der Waals surface area contributed by atoms with Crippen LogP contribution in [-0.4, -0.2) is 42.1 Å². The molecule has 1 saturated heterocycles. The van der Waals surface area contributed by atoms with Gasteiger partial charge in [0.25, 0.3) is 5.91 Å². The van der Waals surface area contributed by atoms with Crippen LogP contribution in [0.5, 0.6) is 0 Å². The van der Waals surface area contributed by atoms with Crippen molar-refractivity contribution in [3.63, 3.8) is 0 Å². The van der Waals surface area contributed by atoms with Crippen LogP contribution in [0.1, 0.15) is 9.80 Å². The maximum Gasteiger partial charge on any atom is 0.284 e. The monoisotopic (exact) mass is 421 g/mol. The average molecular weight is 422 g/mol. The van der Waals surface area contributed by atoms with E-state index in [9.17, 15) is 4.79 Å². The summed E-state index contributed by atoms with van der Waals surface area (Å²) in [6.45, 7) is 3.67. The second kappa shape index (κ2) is 7.90. The van der Waals surface area contributed by atoms with Gasteiger partial charge in [-0.1, -0.05) is 18.2 Å². The summed E-state index contributed by atoms with van der Waals surface area (Å²) in [6, 6.07) is 10.2. The van der Waals surface area contributed by atoms with Gasteiger partial charge in [0.1, 0.15) is 0 Å². The maximum absolute atomic E-state index is 12.9. The van der Waals surface area contributed by atoms with E-state index in [1.165, 1.54) is 21.4 Å². The normalized spacial score (nSPS) is 14.3. The Morgan fingerprint density at radius 2 is 1.97 bits per heavy atom. The van der Waals surface area contributed by atoms with E-state index in [2.05, 4.69) is 43.0 Å². The number of piperazine rings is 1. The number of nitrogens with zero attached hydrogens (tertiary/aromatic N) is 3. The summed E-state index contributed by atoms with van der Waals surface area (Å²) in [5.74, 6) is -0.204. The van der Waals surface area contributed by atoms with E-state index in [4.69, 9.17) is 0 Å². The van der Waals surface area contributed by atoms with Crippen molar-refractivity contribution < 1.29 is 4.79 Å². The highest BCUT2D eigenvalue weighted by atomic mass is 32.1. The summed E-state index contributed by atoms with van der Waals surface area (Å²) in [5.41, 5.74) is 3.63. The SMILES string of the molecule is O=C(Nc1cnccc1N1CCNCC1)c1nc(-c2csc3ccccc23)cs1. The van der Waals surface area contributed by atoms with Crippen molar-refractivity contribution in [2.24, 2.45) is 0 Å². The zero-order valence-corrected chi connectivity index (χ0v) is 17.2. The molecule has 0 atom stereocenters. The number of carbonyl (C=O) groups is 1. The van der Waals surface area contributed by atoms with Crippen LogP contribution >= 0.6 is 22.7 Å². The zero-order chi connectivity index (χ0) is 19.6.